The van der Waals surface area contributed by atoms with E-state index >= 15 is 4.39 Å². The number of hydrogen-bond acceptors (Lipinski definition) is 7. The lowest BCUT2D eigenvalue weighted by Crippen LogP contribution is -2.55. The number of para-hydroxylation sites is 1. The molecule has 0 spiro atoms. The molecule has 1 amide bonds. The van der Waals surface area contributed by atoms with Crippen LogP contribution in [0.2, 0.25) is 10.0 Å². The van der Waals surface area contributed by atoms with Crippen LogP contribution in [-0.2, 0) is 11.3 Å². The zero-order valence-electron chi connectivity index (χ0n) is 26.5. The van der Waals surface area contributed by atoms with Gasteiger partial charge >= 0.3 is 5.97 Å². The predicted molar refractivity (Wildman–Crippen MR) is 180 cm³/mol. The maximum absolute atomic E-state index is 15.7. The number of fused-ring (bicyclic) bond motifs is 3. The monoisotopic (exact) mass is 682 g/mol. The maximum atomic E-state index is 15.7. The molecule has 0 aliphatic carbocycles. The standard InChI is InChI=1S/C35H37Cl2FN4O5/c1-19-13-40(14-20(2)39(19)3)24-9-28(36)32(29(37)10-24)34(43)41-15-21-5-4-6-25(33(21)47-18-41)26-12-31(27(35(44)45)11-30(26)38)42-22-7-8-23(42)17-46-16-22/h4-6,9-12,19-20,22-23H,7-8,13-18H2,1-3H3,(H,44,45)/t19-,20+,22?,23?. The van der Waals surface area contributed by atoms with E-state index in [0.29, 0.717) is 47.9 Å². The molecule has 2 bridgehead atoms. The van der Waals surface area contributed by atoms with E-state index in [1.165, 1.54) is 4.90 Å². The number of piperazine rings is 1. The molecule has 9 nitrogen and oxygen atoms in total. The topological polar surface area (TPSA) is 85.8 Å². The molecule has 3 saturated heterocycles. The first kappa shape index (κ1) is 32.0. The third kappa shape index (κ3) is 5.69. The third-order valence-electron chi connectivity index (χ3n) is 10.2. The lowest BCUT2D eigenvalue weighted by Gasteiger charge is -2.43. The van der Waals surface area contributed by atoms with Crippen molar-refractivity contribution >= 4 is 46.5 Å². The summed E-state index contributed by atoms with van der Waals surface area (Å²) in [5.74, 6) is -1.77. The first-order valence-electron chi connectivity index (χ1n) is 15.9. The van der Waals surface area contributed by atoms with Crippen molar-refractivity contribution in [2.24, 2.45) is 0 Å². The van der Waals surface area contributed by atoms with E-state index in [0.717, 1.165) is 37.7 Å². The van der Waals surface area contributed by atoms with Crippen molar-refractivity contribution in [2.75, 3.05) is 49.9 Å². The van der Waals surface area contributed by atoms with E-state index in [1.54, 1.807) is 30.3 Å². The minimum absolute atomic E-state index is 0.0343. The Bertz CT molecular complexity index is 1710. The van der Waals surface area contributed by atoms with Crippen LogP contribution in [0.15, 0.2) is 42.5 Å². The summed E-state index contributed by atoms with van der Waals surface area (Å²) in [6, 6.07) is 12.4. The van der Waals surface area contributed by atoms with Crippen LogP contribution in [0.5, 0.6) is 5.75 Å². The Labute approximate surface area is 283 Å². The second-order valence-electron chi connectivity index (χ2n) is 13.1. The zero-order chi connectivity index (χ0) is 33.1. The minimum atomic E-state index is -1.19. The smallest absolute Gasteiger partial charge is 0.337 e. The van der Waals surface area contributed by atoms with Gasteiger partial charge in [-0.3, -0.25) is 9.69 Å². The number of rotatable bonds is 5. The van der Waals surface area contributed by atoms with Crippen molar-refractivity contribution < 1.29 is 28.6 Å². The average molecular weight is 684 g/mol. The minimum Gasteiger partial charge on any atom is -0.478 e. The van der Waals surface area contributed by atoms with Gasteiger partial charge in [0.1, 0.15) is 11.6 Å². The van der Waals surface area contributed by atoms with Crippen LogP contribution in [-0.4, -0.2) is 91.0 Å². The Morgan fingerprint density at radius 2 is 1.62 bits per heavy atom. The maximum Gasteiger partial charge on any atom is 0.337 e. The highest BCUT2D eigenvalue weighted by atomic mass is 35.5. The number of benzene rings is 3. The summed E-state index contributed by atoms with van der Waals surface area (Å²) in [7, 11) is 2.12. The molecular formula is C35H37Cl2FN4O5. The largest absolute Gasteiger partial charge is 0.478 e. The van der Waals surface area contributed by atoms with E-state index in [9.17, 15) is 14.7 Å². The molecular weight excluding hydrogens is 646 g/mol. The molecule has 0 aromatic heterocycles. The van der Waals surface area contributed by atoms with Gasteiger partial charge in [-0.1, -0.05) is 41.4 Å². The Kier molecular flexibility index (Phi) is 8.49. The number of carboxylic acid groups (broad SMARTS) is 1. The molecule has 0 radical (unpaired) electrons. The Morgan fingerprint density at radius 3 is 2.26 bits per heavy atom. The van der Waals surface area contributed by atoms with Gasteiger partial charge in [-0.2, -0.15) is 0 Å². The van der Waals surface area contributed by atoms with E-state index in [-0.39, 0.29) is 58.0 Å². The normalized spacial score (nSPS) is 24.3. The van der Waals surface area contributed by atoms with Gasteiger partial charge in [0.25, 0.3) is 5.91 Å². The first-order valence-corrected chi connectivity index (χ1v) is 16.7. The number of hydrogen-bond donors (Lipinski definition) is 1. The molecule has 3 aromatic rings. The summed E-state index contributed by atoms with van der Waals surface area (Å²) < 4.78 is 27.6. The summed E-state index contributed by atoms with van der Waals surface area (Å²) in [5, 5.41) is 10.5. The van der Waals surface area contributed by atoms with Crippen molar-refractivity contribution in [3.8, 4) is 16.9 Å². The summed E-state index contributed by atoms with van der Waals surface area (Å²) in [5.41, 5.74) is 2.88. The highest BCUT2D eigenvalue weighted by molar-refractivity contribution is 6.40. The number of anilines is 2. The van der Waals surface area contributed by atoms with Gasteiger partial charge in [-0.05, 0) is 58.0 Å². The number of ether oxygens (including phenoxy) is 2. The molecule has 248 valence electrons. The molecule has 7 rings (SSSR count). The molecule has 4 atom stereocenters. The molecule has 0 saturated carbocycles. The van der Waals surface area contributed by atoms with Crippen LogP contribution in [0.1, 0.15) is 53.0 Å². The van der Waals surface area contributed by atoms with Crippen LogP contribution in [0.3, 0.4) is 0 Å². The Balaban J connectivity index is 1.17. The Hall–Kier alpha value is -3.57. The van der Waals surface area contributed by atoms with Crippen LogP contribution in [0, 0.1) is 5.82 Å². The summed E-state index contributed by atoms with van der Waals surface area (Å²) in [6.45, 7) is 7.08. The molecule has 3 aromatic carbocycles. The average Bonchev–Trinajstić information content (AvgIpc) is 3.29. The SMILES string of the molecule is C[C@@H]1CN(c2cc(Cl)c(C(=O)N3COc4c(cccc4-c4cc(N5C6CCC5COC6)c(C(=O)O)cc4F)C3)c(Cl)c2)C[C@H](C)N1C. The summed E-state index contributed by atoms with van der Waals surface area (Å²) in [4.78, 5) is 34.2. The second kappa shape index (κ2) is 12.5. The van der Waals surface area contributed by atoms with Crippen molar-refractivity contribution in [2.45, 2.75) is 57.4 Å². The number of likely N-dealkylation sites (N-methyl/N-ethyl adjacent to an activating group) is 1. The highest BCUT2D eigenvalue weighted by Gasteiger charge is 2.40. The first-order chi connectivity index (χ1) is 22.5. The van der Waals surface area contributed by atoms with Gasteiger partial charge in [0, 0.05) is 47.6 Å². The molecule has 4 heterocycles. The van der Waals surface area contributed by atoms with E-state index in [1.807, 2.05) is 6.07 Å². The van der Waals surface area contributed by atoms with Gasteiger partial charge in [0.2, 0.25) is 0 Å². The third-order valence-corrected chi connectivity index (χ3v) is 10.8. The molecule has 47 heavy (non-hydrogen) atoms. The number of halogens is 3. The predicted octanol–water partition coefficient (Wildman–Crippen LogP) is 6.39. The van der Waals surface area contributed by atoms with Gasteiger partial charge in [0.15, 0.2) is 6.73 Å². The van der Waals surface area contributed by atoms with Crippen molar-refractivity contribution in [3.63, 3.8) is 0 Å². The molecule has 1 N–H and O–H groups in total. The number of aromatic carboxylic acids is 1. The van der Waals surface area contributed by atoms with Crippen LogP contribution >= 0.6 is 23.2 Å². The zero-order valence-corrected chi connectivity index (χ0v) is 28.0. The highest BCUT2D eigenvalue weighted by Crippen LogP contribution is 2.43. The van der Waals surface area contributed by atoms with Crippen molar-refractivity contribution in [3.05, 3.63) is 75.0 Å². The molecule has 3 fully saturated rings. The number of morpholine rings is 1. The molecule has 12 heteroatoms. The fourth-order valence-electron chi connectivity index (χ4n) is 7.51. The molecule has 4 aliphatic heterocycles. The van der Waals surface area contributed by atoms with E-state index < -0.39 is 11.8 Å². The number of nitrogens with zero attached hydrogens (tertiary/aromatic N) is 4. The van der Waals surface area contributed by atoms with E-state index in [2.05, 4.69) is 35.6 Å². The van der Waals surface area contributed by atoms with Gasteiger partial charge in [0.05, 0.1) is 58.7 Å². The van der Waals surface area contributed by atoms with E-state index in [4.69, 9.17) is 32.7 Å². The second-order valence-corrected chi connectivity index (χ2v) is 13.9. The summed E-state index contributed by atoms with van der Waals surface area (Å²) >= 11 is 13.5. The van der Waals surface area contributed by atoms with Crippen LogP contribution < -0.4 is 14.5 Å². The fourth-order valence-corrected chi connectivity index (χ4v) is 8.15. The lowest BCUT2D eigenvalue weighted by atomic mass is 9.96. The molecule has 2 unspecified atom stereocenters. The van der Waals surface area contributed by atoms with Crippen molar-refractivity contribution in [1.29, 1.82) is 0 Å². The number of carboxylic acids is 1. The van der Waals surface area contributed by atoms with Crippen molar-refractivity contribution in [1.82, 2.24) is 9.80 Å². The van der Waals surface area contributed by atoms with Crippen LogP contribution in [0.4, 0.5) is 15.8 Å². The number of carbonyl (C=O) groups excluding carboxylic acids is 1. The lowest BCUT2D eigenvalue weighted by molar-refractivity contribution is 0.0516. The van der Waals surface area contributed by atoms with Gasteiger partial charge < -0.3 is 29.3 Å². The van der Waals surface area contributed by atoms with Gasteiger partial charge in [-0.25, -0.2) is 9.18 Å². The quantitative estimate of drug-likeness (QED) is 0.332. The van der Waals surface area contributed by atoms with Gasteiger partial charge in [-0.15, -0.1) is 0 Å². The fraction of sp³-hybridized carbons (Fsp3) is 0.429. The summed E-state index contributed by atoms with van der Waals surface area (Å²) in [6.07, 6.45) is 1.77. The number of carbonyl (C=O) groups is 2. The number of amides is 1. The molecule has 4 aliphatic rings. The van der Waals surface area contributed by atoms with Crippen LogP contribution in [0.25, 0.3) is 11.1 Å². The Morgan fingerprint density at radius 1 is 0.957 bits per heavy atom.